The first kappa shape index (κ1) is 11.4. The van der Waals surface area contributed by atoms with E-state index in [0.717, 1.165) is 22.6 Å². The van der Waals surface area contributed by atoms with E-state index in [0.29, 0.717) is 5.82 Å². The SMILES string of the molecule is Cc1c(N)nc(C(C)C)nc1-c1cncnc1. The monoisotopic (exact) mass is 229 g/mol. The highest BCUT2D eigenvalue weighted by molar-refractivity contribution is 5.65. The van der Waals surface area contributed by atoms with E-state index < -0.39 is 0 Å². The first-order valence-corrected chi connectivity index (χ1v) is 5.49. The third-order valence-electron chi connectivity index (χ3n) is 2.55. The first-order valence-electron chi connectivity index (χ1n) is 5.49. The highest BCUT2D eigenvalue weighted by atomic mass is 15.0. The van der Waals surface area contributed by atoms with Crippen LogP contribution in [0.15, 0.2) is 18.7 Å². The van der Waals surface area contributed by atoms with Gasteiger partial charge in [0.2, 0.25) is 0 Å². The normalized spacial score (nSPS) is 10.8. The molecule has 0 unspecified atom stereocenters. The Labute approximate surface area is 100 Å². The third-order valence-corrected chi connectivity index (χ3v) is 2.55. The van der Waals surface area contributed by atoms with E-state index in [9.17, 15) is 0 Å². The summed E-state index contributed by atoms with van der Waals surface area (Å²) in [5.74, 6) is 1.50. The molecule has 0 saturated heterocycles. The lowest BCUT2D eigenvalue weighted by molar-refractivity contribution is 0.776. The van der Waals surface area contributed by atoms with Crippen LogP contribution in [0, 0.1) is 6.92 Å². The minimum absolute atomic E-state index is 0.237. The van der Waals surface area contributed by atoms with Crippen molar-refractivity contribution in [2.24, 2.45) is 0 Å². The van der Waals surface area contributed by atoms with Gasteiger partial charge in [0, 0.05) is 29.4 Å². The molecule has 17 heavy (non-hydrogen) atoms. The number of rotatable bonds is 2. The molecule has 2 aromatic heterocycles. The van der Waals surface area contributed by atoms with Crippen molar-refractivity contribution < 1.29 is 0 Å². The summed E-state index contributed by atoms with van der Waals surface area (Å²) in [5.41, 5.74) is 8.44. The lowest BCUT2D eigenvalue weighted by Gasteiger charge is -2.11. The lowest BCUT2D eigenvalue weighted by Crippen LogP contribution is -2.06. The molecular weight excluding hydrogens is 214 g/mol. The van der Waals surface area contributed by atoms with Gasteiger partial charge in [0.25, 0.3) is 0 Å². The minimum Gasteiger partial charge on any atom is -0.383 e. The fourth-order valence-corrected chi connectivity index (χ4v) is 1.51. The molecule has 0 spiro atoms. The van der Waals surface area contributed by atoms with Crippen LogP contribution in [0.2, 0.25) is 0 Å². The van der Waals surface area contributed by atoms with Crippen LogP contribution < -0.4 is 5.73 Å². The van der Waals surface area contributed by atoms with Crippen LogP contribution in [-0.2, 0) is 0 Å². The number of hydrogen-bond donors (Lipinski definition) is 1. The van der Waals surface area contributed by atoms with Crippen molar-refractivity contribution in [1.82, 2.24) is 19.9 Å². The Balaban J connectivity index is 2.61. The average Bonchev–Trinajstić information content (AvgIpc) is 2.33. The molecule has 88 valence electrons. The van der Waals surface area contributed by atoms with Crippen LogP contribution in [0.4, 0.5) is 5.82 Å². The van der Waals surface area contributed by atoms with E-state index in [1.165, 1.54) is 6.33 Å². The summed E-state index contributed by atoms with van der Waals surface area (Å²) in [6.45, 7) is 5.98. The Hall–Kier alpha value is -2.04. The summed E-state index contributed by atoms with van der Waals surface area (Å²) in [7, 11) is 0. The van der Waals surface area contributed by atoms with Gasteiger partial charge in [-0.2, -0.15) is 0 Å². The molecule has 0 fully saturated rings. The van der Waals surface area contributed by atoms with E-state index >= 15 is 0 Å². The van der Waals surface area contributed by atoms with Gasteiger partial charge in [0.1, 0.15) is 18.0 Å². The molecule has 0 aromatic carbocycles. The quantitative estimate of drug-likeness (QED) is 0.851. The molecule has 0 bridgehead atoms. The van der Waals surface area contributed by atoms with Gasteiger partial charge in [-0.05, 0) is 6.92 Å². The zero-order valence-corrected chi connectivity index (χ0v) is 10.2. The van der Waals surface area contributed by atoms with Gasteiger partial charge in [0.15, 0.2) is 0 Å². The van der Waals surface area contributed by atoms with Crippen molar-refractivity contribution in [3.63, 3.8) is 0 Å². The van der Waals surface area contributed by atoms with Gasteiger partial charge in [-0.15, -0.1) is 0 Å². The van der Waals surface area contributed by atoms with Gasteiger partial charge in [0.05, 0.1) is 5.69 Å². The molecule has 0 aliphatic heterocycles. The topological polar surface area (TPSA) is 77.6 Å². The highest BCUT2D eigenvalue weighted by Crippen LogP contribution is 2.24. The summed E-state index contributed by atoms with van der Waals surface area (Å²) in [5, 5.41) is 0. The molecule has 5 nitrogen and oxygen atoms in total. The zero-order valence-electron chi connectivity index (χ0n) is 10.2. The van der Waals surface area contributed by atoms with Gasteiger partial charge in [-0.25, -0.2) is 19.9 Å². The first-order chi connectivity index (χ1) is 8.09. The van der Waals surface area contributed by atoms with Crippen molar-refractivity contribution in [3.05, 3.63) is 30.1 Å². The Kier molecular flexibility index (Phi) is 2.99. The maximum atomic E-state index is 5.90. The van der Waals surface area contributed by atoms with Gasteiger partial charge in [-0.3, -0.25) is 0 Å². The Morgan fingerprint density at radius 1 is 1.12 bits per heavy atom. The molecule has 0 saturated carbocycles. The van der Waals surface area contributed by atoms with E-state index in [2.05, 4.69) is 19.9 Å². The summed E-state index contributed by atoms with van der Waals surface area (Å²) < 4.78 is 0. The number of aromatic nitrogens is 4. The number of nitrogens with two attached hydrogens (primary N) is 1. The van der Waals surface area contributed by atoms with Crippen LogP contribution in [0.5, 0.6) is 0 Å². The van der Waals surface area contributed by atoms with Gasteiger partial charge >= 0.3 is 0 Å². The average molecular weight is 229 g/mol. The second-order valence-electron chi connectivity index (χ2n) is 4.22. The highest BCUT2D eigenvalue weighted by Gasteiger charge is 2.12. The molecule has 0 atom stereocenters. The summed E-state index contributed by atoms with van der Waals surface area (Å²) >= 11 is 0. The van der Waals surface area contributed by atoms with Crippen molar-refractivity contribution in [2.45, 2.75) is 26.7 Å². The van der Waals surface area contributed by atoms with Crippen molar-refractivity contribution in [3.8, 4) is 11.3 Å². The van der Waals surface area contributed by atoms with Crippen molar-refractivity contribution >= 4 is 5.82 Å². The van der Waals surface area contributed by atoms with Crippen LogP contribution >= 0.6 is 0 Å². The smallest absolute Gasteiger partial charge is 0.133 e. The molecular formula is C12H15N5. The summed E-state index contributed by atoms with van der Waals surface area (Å²) in [4.78, 5) is 16.8. The molecule has 5 heteroatoms. The molecule has 2 N–H and O–H groups in total. The second kappa shape index (κ2) is 4.45. The van der Waals surface area contributed by atoms with E-state index in [1.807, 2.05) is 20.8 Å². The number of nitrogens with zero attached hydrogens (tertiary/aromatic N) is 4. The van der Waals surface area contributed by atoms with Crippen LogP contribution in [-0.4, -0.2) is 19.9 Å². The van der Waals surface area contributed by atoms with E-state index in [-0.39, 0.29) is 5.92 Å². The molecule has 0 radical (unpaired) electrons. The molecule has 0 aliphatic rings. The fraction of sp³-hybridized carbons (Fsp3) is 0.333. The van der Waals surface area contributed by atoms with Crippen molar-refractivity contribution in [2.75, 3.05) is 5.73 Å². The summed E-state index contributed by atoms with van der Waals surface area (Å²) in [6.07, 6.45) is 4.95. The molecule has 2 heterocycles. The standard InChI is InChI=1S/C12H15N5/c1-7(2)12-16-10(8(3)11(13)17-12)9-4-14-6-15-5-9/h4-7H,1-3H3,(H2,13,16,17). The van der Waals surface area contributed by atoms with Crippen LogP contribution in [0.25, 0.3) is 11.3 Å². The Bertz CT molecular complexity index is 522. The predicted octanol–water partition coefficient (Wildman–Crippen LogP) is 1.95. The zero-order chi connectivity index (χ0) is 12.4. The Morgan fingerprint density at radius 2 is 1.76 bits per heavy atom. The fourth-order valence-electron chi connectivity index (χ4n) is 1.51. The lowest BCUT2D eigenvalue weighted by atomic mass is 10.1. The van der Waals surface area contributed by atoms with E-state index in [1.54, 1.807) is 12.4 Å². The number of nitrogen functional groups attached to an aromatic ring is 1. The van der Waals surface area contributed by atoms with Crippen LogP contribution in [0.3, 0.4) is 0 Å². The maximum absolute atomic E-state index is 5.90. The molecule has 0 aliphatic carbocycles. The molecule has 0 amide bonds. The third kappa shape index (κ3) is 2.22. The van der Waals surface area contributed by atoms with Crippen LogP contribution in [0.1, 0.15) is 31.2 Å². The van der Waals surface area contributed by atoms with E-state index in [4.69, 9.17) is 5.73 Å². The molecule has 2 aromatic rings. The number of anilines is 1. The largest absolute Gasteiger partial charge is 0.383 e. The Morgan fingerprint density at radius 3 is 2.35 bits per heavy atom. The number of hydrogen-bond acceptors (Lipinski definition) is 5. The van der Waals surface area contributed by atoms with Gasteiger partial charge in [-0.1, -0.05) is 13.8 Å². The molecule has 2 rings (SSSR count). The summed E-state index contributed by atoms with van der Waals surface area (Å²) in [6, 6.07) is 0. The van der Waals surface area contributed by atoms with Crippen molar-refractivity contribution in [1.29, 1.82) is 0 Å². The predicted molar refractivity (Wildman–Crippen MR) is 66.3 cm³/mol. The second-order valence-corrected chi connectivity index (χ2v) is 4.22. The van der Waals surface area contributed by atoms with Gasteiger partial charge < -0.3 is 5.73 Å². The maximum Gasteiger partial charge on any atom is 0.133 e. The minimum atomic E-state index is 0.237.